The van der Waals surface area contributed by atoms with Crippen LogP contribution in [0.2, 0.25) is 0 Å². The second kappa shape index (κ2) is 23.1. The molecule has 1 saturated heterocycles. The van der Waals surface area contributed by atoms with Gasteiger partial charge in [-0.1, -0.05) is 94.2 Å². The molecule has 7 unspecified atom stereocenters. The van der Waals surface area contributed by atoms with Gasteiger partial charge < -0.3 is 46.9 Å². The number of hydrogen-bond acceptors (Lipinski definition) is 7. The first kappa shape index (κ1) is 49.2. The Hall–Kier alpha value is -5.45. The number of carbonyl (C=O) groups excluding carboxylic acids is 6. The molecule has 3 aromatic rings. The Labute approximate surface area is 372 Å². The molecule has 1 fully saturated rings. The number of H-pyrrole nitrogens is 1. The highest BCUT2D eigenvalue weighted by Gasteiger charge is 2.37. The molecule has 0 aliphatic carbocycles. The summed E-state index contributed by atoms with van der Waals surface area (Å²) in [7, 11) is 1.50. The maximum Gasteiger partial charge on any atom is 0.326 e. The highest BCUT2D eigenvalue weighted by Crippen LogP contribution is 2.25. The lowest BCUT2D eigenvalue weighted by atomic mass is 9.97. The molecule has 2 heterocycles. The smallest absolute Gasteiger partial charge is 0.326 e. The Morgan fingerprint density at radius 1 is 0.871 bits per heavy atom. The molecule has 7 amide bonds. The number of aromatic amines is 1. The predicted molar refractivity (Wildman–Crippen MR) is 240 cm³/mol. The Morgan fingerprint density at radius 2 is 1.56 bits per heavy atom. The first-order chi connectivity index (χ1) is 29.4. The summed E-state index contributed by atoms with van der Waals surface area (Å²) in [5, 5.41) is 27.2. The molecule has 16 nitrogen and oxygen atoms in total. The summed E-state index contributed by atoms with van der Waals surface area (Å²) in [6.45, 7) is 10.9. The summed E-state index contributed by atoms with van der Waals surface area (Å²) in [6, 6.07) is 7.25. The number of carbonyl (C=O) groups is 7. The summed E-state index contributed by atoms with van der Waals surface area (Å²) in [4.78, 5) is 101. The number of halogens is 1. The minimum Gasteiger partial charge on any atom is -0.480 e. The number of aliphatic carboxylic acids is 1. The lowest BCUT2D eigenvalue weighted by Crippen LogP contribution is -2.61. The van der Waals surface area contributed by atoms with Crippen molar-refractivity contribution in [3.05, 3.63) is 70.3 Å². The molecule has 62 heavy (non-hydrogen) atoms. The minimum atomic E-state index is -1.22. The number of nitrogens with one attached hydrogen (secondary N) is 7. The van der Waals surface area contributed by atoms with Gasteiger partial charge >= 0.3 is 12.0 Å². The number of nitrogens with zero attached hydrogens (tertiary/aromatic N) is 1. The third-order valence-corrected chi connectivity index (χ3v) is 11.8. The lowest BCUT2D eigenvalue weighted by Gasteiger charge is -2.33. The zero-order chi connectivity index (χ0) is 45.7. The molecule has 4 rings (SSSR count). The summed E-state index contributed by atoms with van der Waals surface area (Å²) < 4.78 is 0.824. The van der Waals surface area contributed by atoms with Gasteiger partial charge in [0.05, 0.1) is 0 Å². The number of likely N-dealkylation sites (N-methyl/N-ethyl adjacent to an activating group) is 1. The van der Waals surface area contributed by atoms with E-state index in [1.807, 2.05) is 62.4 Å². The van der Waals surface area contributed by atoms with E-state index in [2.05, 4.69) is 52.8 Å². The van der Waals surface area contributed by atoms with Crippen molar-refractivity contribution in [1.82, 2.24) is 41.8 Å². The molecule has 8 N–H and O–H groups in total. The van der Waals surface area contributed by atoms with Crippen molar-refractivity contribution >= 4 is 68.4 Å². The van der Waals surface area contributed by atoms with E-state index in [1.165, 1.54) is 11.9 Å². The zero-order valence-electron chi connectivity index (χ0n) is 36.7. The largest absolute Gasteiger partial charge is 0.480 e. The van der Waals surface area contributed by atoms with Crippen LogP contribution in [0.5, 0.6) is 0 Å². The molecule has 0 radical (unpaired) electrons. The predicted octanol–water partition coefficient (Wildman–Crippen LogP) is 4.17. The number of carboxylic acids is 1. The van der Waals surface area contributed by atoms with Crippen LogP contribution in [0.1, 0.15) is 84.8 Å². The molecular weight excluding hydrogens is 860 g/mol. The molecule has 1 aliphatic rings. The number of amides is 7. The standard InChI is InChI=1S/C45H63BrN8O8/c1-8-27(6)38(44(60)61)53-45(62)51-33-16-12-13-19-47-39(55)34(21-28-14-10-9-11-15-28)49-41(57)36(22-29-24-48-32-18-17-30(46)23-31(29)32)54(7)43(59)35(20-25(2)3)50-42(58)37(26(4)5)52-40(33)56/h9-11,14-15,17-18,23-27,33-38,48H,8,12-13,16,19-22H2,1-7H3,(H,47,55)(H,49,57)(H,50,58)(H,52,56)(H,60,61)(H2,51,53,62). The molecule has 1 aromatic heterocycles. The van der Waals surface area contributed by atoms with Crippen LogP contribution in [0.3, 0.4) is 0 Å². The highest BCUT2D eigenvalue weighted by atomic mass is 79.9. The molecular formula is C45H63BrN8O8. The maximum atomic E-state index is 14.7. The van der Waals surface area contributed by atoms with Crippen molar-refractivity contribution in [2.45, 2.75) is 123 Å². The summed E-state index contributed by atoms with van der Waals surface area (Å²) in [5.41, 5.74) is 2.38. The van der Waals surface area contributed by atoms with Crippen LogP contribution in [0, 0.1) is 17.8 Å². The highest BCUT2D eigenvalue weighted by molar-refractivity contribution is 9.10. The number of urea groups is 1. The first-order valence-electron chi connectivity index (χ1n) is 21.4. The van der Waals surface area contributed by atoms with E-state index < -0.39 is 89.6 Å². The van der Waals surface area contributed by atoms with Gasteiger partial charge in [0.1, 0.15) is 36.3 Å². The van der Waals surface area contributed by atoms with Crippen LogP contribution in [0.25, 0.3) is 10.9 Å². The fourth-order valence-electron chi connectivity index (χ4n) is 7.50. The Kier molecular flexibility index (Phi) is 18.4. The van der Waals surface area contributed by atoms with Gasteiger partial charge in [-0.05, 0) is 72.8 Å². The fourth-order valence-corrected chi connectivity index (χ4v) is 7.87. The molecule has 338 valence electrons. The Balaban J connectivity index is 1.74. The van der Waals surface area contributed by atoms with Gasteiger partial charge in [-0.15, -0.1) is 0 Å². The third kappa shape index (κ3) is 13.8. The lowest BCUT2D eigenvalue weighted by molar-refractivity contribution is -0.143. The van der Waals surface area contributed by atoms with Gasteiger partial charge in [-0.2, -0.15) is 0 Å². The van der Waals surface area contributed by atoms with Crippen LogP contribution in [0.15, 0.2) is 59.2 Å². The monoisotopic (exact) mass is 922 g/mol. The summed E-state index contributed by atoms with van der Waals surface area (Å²) in [5.74, 6) is -5.05. The quantitative estimate of drug-likeness (QED) is 0.131. The molecule has 0 saturated carbocycles. The van der Waals surface area contributed by atoms with Gasteiger partial charge in [0, 0.05) is 48.0 Å². The Morgan fingerprint density at radius 3 is 2.21 bits per heavy atom. The topological polar surface area (TPSA) is 231 Å². The van der Waals surface area contributed by atoms with Gasteiger partial charge in [-0.25, -0.2) is 9.59 Å². The van der Waals surface area contributed by atoms with Crippen LogP contribution in [0.4, 0.5) is 4.79 Å². The average molecular weight is 924 g/mol. The van der Waals surface area contributed by atoms with Crippen molar-refractivity contribution in [1.29, 1.82) is 0 Å². The van der Waals surface area contributed by atoms with E-state index in [0.29, 0.717) is 19.3 Å². The molecule has 1 aliphatic heterocycles. The maximum absolute atomic E-state index is 14.7. The van der Waals surface area contributed by atoms with Gasteiger partial charge in [0.2, 0.25) is 29.5 Å². The van der Waals surface area contributed by atoms with E-state index in [0.717, 1.165) is 26.5 Å². The van der Waals surface area contributed by atoms with Crippen LogP contribution in [-0.4, -0.2) is 106 Å². The van der Waals surface area contributed by atoms with Crippen molar-refractivity contribution in [3.8, 4) is 0 Å². The number of carboxylic acid groups (broad SMARTS) is 1. The van der Waals surface area contributed by atoms with Gasteiger partial charge in [0.15, 0.2) is 0 Å². The number of benzene rings is 2. The number of fused-ring (bicyclic) bond motifs is 1. The average Bonchev–Trinajstić information content (AvgIpc) is 3.62. The first-order valence-corrected chi connectivity index (χ1v) is 22.2. The molecule has 7 atom stereocenters. The van der Waals surface area contributed by atoms with E-state index >= 15 is 0 Å². The van der Waals surface area contributed by atoms with Crippen molar-refractivity contribution in [3.63, 3.8) is 0 Å². The van der Waals surface area contributed by atoms with Crippen LogP contribution < -0.4 is 31.9 Å². The van der Waals surface area contributed by atoms with Crippen molar-refractivity contribution < 1.29 is 38.7 Å². The normalized spacial score (nSPS) is 22.4. The summed E-state index contributed by atoms with van der Waals surface area (Å²) >= 11 is 3.53. The van der Waals surface area contributed by atoms with Crippen LogP contribution in [-0.2, 0) is 41.6 Å². The van der Waals surface area contributed by atoms with E-state index in [1.54, 1.807) is 33.9 Å². The Bertz CT molecular complexity index is 2040. The minimum absolute atomic E-state index is 0.0732. The number of hydrogen-bond donors (Lipinski definition) is 8. The van der Waals surface area contributed by atoms with E-state index in [4.69, 9.17) is 0 Å². The van der Waals surface area contributed by atoms with Crippen LogP contribution >= 0.6 is 15.9 Å². The fraction of sp³-hybridized carbons (Fsp3) is 0.533. The molecule has 0 bridgehead atoms. The van der Waals surface area contributed by atoms with Gasteiger partial charge in [-0.3, -0.25) is 24.0 Å². The molecule has 0 spiro atoms. The number of rotatable bonds is 12. The van der Waals surface area contributed by atoms with Crippen molar-refractivity contribution in [2.24, 2.45) is 17.8 Å². The third-order valence-electron chi connectivity index (χ3n) is 11.4. The summed E-state index contributed by atoms with van der Waals surface area (Å²) in [6.07, 6.45) is 3.48. The SMILES string of the molecule is CCC(C)C(NC(=O)NC1CCCCNC(=O)C(Cc2ccccc2)NC(=O)C(Cc2c[nH]c3ccc(Br)cc23)N(C)C(=O)C(CC(C)C)NC(=O)C(C(C)C)NC1=O)C(=O)O. The molecule has 2 aromatic carbocycles. The van der Waals surface area contributed by atoms with Crippen molar-refractivity contribution in [2.75, 3.05) is 13.6 Å². The number of aromatic nitrogens is 1. The second-order valence-corrected chi connectivity index (χ2v) is 17.9. The second-order valence-electron chi connectivity index (χ2n) is 17.0. The molecule has 17 heteroatoms. The van der Waals surface area contributed by atoms with Gasteiger partial charge in [0.25, 0.3) is 0 Å². The zero-order valence-corrected chi connectivity index (χ0v) is 38.3. The van der Waals surface area contributed by atoms with E-state index in [9.17, 15) is 38.7 Å². The van der Waals surface area contributed by atoms with E-state index in [-0.39, 0.29) is 38.1 Å².